The molecular formula is C33H36N2O9. The second-order valence-corrected chi connectivity index (χ2v) is 10.7. The van der Waals surface area contributed by atoms with Gasteiger partial charge in [-0.1, -0.05) is 18.2 Å². The van der Waals surface area contributed by atoms with Gasteiger partial charge in [-0.05, 0) is 60.4 Å². The first kappa shape index (κ1) is 30.7. The number of imide groups is 2. The molecule has 5 rings (SSSR count). The Hall–Kier alpha value is -4.80. The lowest BCUT2D eigenvalue weighted by atomic mass is 9.51. The summed E-state index contributed by atoms with van der Waals surface area (Å²) in [6.45, 7) is 0.443. The summed E-state index contributed by atoms with van der Waals surface area (Å²) in [4.78, 5) is 57.2. The van der Waals surface area contributed by atoms with Crippen molar-refractivity contribution in [2.75, 3.05) is 48.6 Å². The molecule has 2 aromatic carbocycles. The van der Waals surface area contributed by atoms with Crippen molar-refractivity contribution in [3.8, 4) is 28.7 Å². The van der Waals surface area contributed by atoms with Gasteiger partial charge in [-0.15, -0.1) is 0 Å². The maximum absolute atomic E-state index is 14.4. The number of carbonyl (C=O) groups excluding carboxylic acids is 4. The van der Waals surface area contributed by atoms with Crippen molar-refractivity contribution in [3.05, 3.63) is 65.8 Å². The minimum atomic E-state index is -0.851. The molecule has 0 N–H and O–H groups in total. The Morgan fingerprint density at radius 2 is 1.07 bits per heavy atom. The second-order valence-electron chi connectivity index (χ2n) is 10.7. The van der Waals surface area contributed by atoms with E-state index < -0.39 is 47.3 Å². The highest BCUT2D eigenvalue weighted by Crippen LogP contribution is 2.60. The Balaban J connectivity index is 1.71. The van der Waals surface area contributed by atoms with Crippen LogP contribution in [-0.4, -0.2) is 82.1 Å². The molecule has 1 aliphatic carbocycles. The lowest BCUT2D eigenvalue weighted by Crippen LogP contribution is -2.59. The molecule has 0 bridgehead atoms. The molecule has 0 aromatic heterocycles. The van der Waals surface area contributed by atoms with Crippen molar-refractivity contribution in [1.82, 2.24) is 9.80 Å². The molecule has 1 saturated carbocycles. The highest BCUT2D eigenvalue weighted by Gasteiger charge is 2.60. The minimum Gasteiger partial charge on any atom is -0.493 e. The smallest absolute Gasteiger partial charge is 0.252 e. The van der Waals surface area contributed by atoms with E-state index >= 15 is 0 Å². The Kier molecular flexibility index (Phi) is 8.93. The average Bonchev–Trinajstić information content (AvgIpc) is 3.03. The number of carbonyl (C=O) groups is 4. The summed E-state index contributed by atoms with van der Waals surface area (Å²) in [6, 6.07) is 8.67. The average molecular weight is 605 g/mol. The normalized spacial score (nSPS) is 22.8. The Labute approximate surface area is 255 Å². The van der Waals surface area contributed by atoms with E-state index in [1.165, 1.54) is 57.5 Å². The molecule has 0 radical (unpaired) electrons. The van der Waals surface area contributed by atoms with E-state index in [-0.39, 0.29) is 13.1 Å². The number of amides is 4. The molecule has 0 spiro atoms. The number of nitrogens with zero attached hydrogens (tertiary/aromatic N) is 2. The van der Waals surface area contributed by atoms with Gasteiger partial charge in [-0.25, -0.2) is 0 Å². The third kappa shape index (κ3) is 5.27. The van der Waals surface area contributed by atoms with Gasteiger partial charge in [0.1, 0.15) is 0 Å². The van der Waals surface area contributed by atoms with Crippen molar-refractivity contribution >= 4 is 23.6 Å². The van der Waals surface area contributed by atoms with Crippen molar-refractivity contribution in [3.63, 3.8) is 0 Å². The van der Waals surface area contributed by atoms with E-state index in [1.807, 2.05) is 0 Å². The molecule has 2 atom stereocenters. The molecule has 0 unspecified atom stereocenters. The number of benzene rings is 2. The van der Waals surface area contributed by atoms with Crippen LogP contribution in [0.1, 0.15) is 35.8 Å². The zero-order valence-electron chi connectivity index (χ0n) is 25.4. The lowest BCUT2D eigenvalue weighted by molar-refractivity contribution is -0.157. The maximum atomic E-state index is 14.4. The van der Waals surface area contributed by atoms with Crippen molar-refractivity contribution in [2.24, 2.45) is 11.8 Å². The highest BCUT2D eigenvalue weighted by molar-refractivity contribution is 6.06. The van der Waals surface area contributed by atoms with Crippen LogP contribution in [0.25, 0.3) is 0 Å². The van der Waals surface area contributed by atoms with Crippen LogP contribution in [0.15, 0.2) is 54.6 Å². The largest absolute Gasteiger partial charge is 0.493 e. The summed E-state index contributed by atoms with van der Waals surface area (Å²) in [7, 11) is 7.48. The predicted octanol–water partition coefficient (Wildman–Crippen LogP) is 3.47. The highest BCUT2D eigenvalue weighted by atomic mass is 16.5. The molecule has 232 valence electrons. The molecular weight excluding hydrogens is 568 g/mol. The van der Waals surface area contributed by atoms with Gasteiger partial charge in [-0.3, -0.25) is 29.0 Å². The standard InChI is InChI=1S/C33H36N2O9/c1-40-21-13-12-19(16-22(21)41-2)27-29(32(38)34-14-8-6-10-25(34)36)28(30(27)33(39)35-15-9-7-11-26(35)37)20-17-23(42-3)31(44-5)24(18-20)43-4/h6-7,10-13,16-18,27-30H,8-9,14-15H2,1-5H3/t27?,28?,29-,30-/m1/s1. The summed E-state index contributed by atoms with van der Waals surface area (Å²) >= 11 is 0. The van der Waals surface area contributed by atoms with Crippen LogP contribution in [0.4, 0.5) is 0 Å². The van der Waals surface area contributed by atoms with Crippen LogP contribution < -0.4 is 23.7 Å². The number of ether oxygens (including phenoxy) is 5. The molecule has 11 nitrogen and oxygen atoms in total. The molecule has 44 heavy (non-hydrogen) atoms. The minimum absolute atomic E-state index is 0.222. The van der Waals surface area contributed by atoms with E-state index in [9.17, 15) is 19.2 Å². The molecule has 3 aliphatic rings. The Morgan fingerprint density at radius 3 is 1.50 bits per heavy atom. The second kappa shape index (κ2) is 12.8. The summed E-state index contributed by atoms with van der Waals surface area (Å²) in [6.07, 6.45) is 7.30. The molecule has 2 aromatic rings. The lowest BCUT2D eigenvalue weighted by Gasteiger charge is -2.52. The summed E-state index contributed by atoms with van der Waals surface area (Å²) in [5, 5.41) is 0. The summed E-state index contributed by atoms with van der Waals surface area (Å²) in [5.74, 6) is -2.83. The van der Waals surface area contributed by atoms with Crippen LogP contribution in [0.5, 0.6) is 28.7 Å². The predicted molar refractivity (Wildman–Crippen MR) is 159 cm³/mol. The molecule has 0 saturated heterocycles. The topological polar surface area (TPSA) is 121 Å². The van der Waals surface area contributed by atoms with Crippen LogP contribution in [0, 0.1) is 11.8 Å². The molecule has 2 aliphatic heterocycles. The van der Waals surface area contributed by atoms with E-state index in [2.05, 4.69) is 0 Å². The van der Waals surface area contributed by atoms with Gasteiger partial charge in [0.05, 0.1) is 47.4 Å². The van der Waals surface area contributed by atoms with Crippen molar-refractivity contribution < 1.29 is 42.9 Å². The number of rotatable bonds is 9. The first-order valence-corrected chi connectivity index (χ1v) is 14.3. The monoisotopic (exact) mass is 604 g/mol. The summed E-state index contributed by atoms with van der Waals surface area (Å²) < 4.78 is 27.7. The fourth-order valence-corrected chi connectivity index (χ4v) is 6.52. The van der Waals surface area contributed by atoms with Crippen molar-refractivity contribution in [2.45, 2.75) is 24.7 Å². The van der Waals surface area contributed by atoms with Gasteiger partial charge in [0, 0.05) is 24.9 Å². The molecule has 2 heterocycles. The number of methoxy groups -OCH3 is 5. The van der Waals surface area contributed by atoms with Crippen molar-refractivity contribution in [1.29, 1.82) is 0 Å². The first-order valence-electron chi connectivity index (χ1n) is 14.3. The number of hydrogen-bond donors (Lipinski definition) is 0. The quantitative estimate of drug-likeness (QED) is 0.396. The first-order chi connectivity index (χ1) is 21.3. The fourth-order valence-electron chi connectivity index (χ4n) is 6.52. The van der Waals surface area contributed by atoms with Gasteiger partial charge >= 0.3 is 0 Å². The van der Waals surface area contributed by atoms with Crippen LogP contribution in [-0.2, 0) is 19.2 Å². The molecule has 4 amide bonds. The number of hydrogen-bond acceptors (Lipinski definition) is 9. The molecule has 1 fully saturated rings. The fraction of sp³-hybridized carbons (Fsp3) is 0.394. The van der Waals surface area contributed by atoms with E-state index in [4.69, 9.17) is 23.7 Å². The van der Waals surface area contributed by atoms with E-state index in [0.29, 0.717) is 52.7 Å². The van der Waals surface area contributed by atoms with Gasteiger partial charge in [0.2, 0.25) is 17.6 Å². The zero-order chi connectivity index (χ0) is 31.5. The SMILES string of the molecule is COc1ccc(C2[C@@H](C(=O)N3CCC=CC3=O)C(c3cc(OC)c(OC)c(OC)c3)[C@@H]2C(=O)N2CCC=CC2=O)cc1OC. The summed E-state index contributed by atoms with van der Waals surface area (Å²) in [5.41, 5.74) is 1.22. The Bertz CT molecular complexity index is 1450. The zero-order valence-corrected chi connectivity index (χ0v) is 25.4. The van der Waals surface area contributed by atoms with E-state index in [0.717, 1.165) is 0 Å². The van der Waals surface area contributed by atoms with Gasteiger partial charge < -0.3 is 23.7 Å². The maximum Gasteiger partial charge on any atom is 0.252 e. The Morgan fingerprint density at radius 1 is 0.614 bits per heavy atom. The van der Waals surface area contributed by atoms with Gasteiger partial charge in [0.15, 0.2) is 23.0 Å². The van der Waals surface area contributed by atoms with Gasteiger partial charge in [-0.2, -0.15) is 0 Å². The van der Waals surface area contributed by atoms with Crippen LogP contribution in [0.2, 0.25) is 0 Å². The molecule has 11 heteroatoms. The van der Waals surface area contributed by atoms with Crippen LogP contribution in [0.3, 0.4) is 0 Å². The third-order valence-electron chi connectivity index (χ3n) is 8.61. The van der Waals surface area contributed by atoms with Gasteiger partial charge in [0.25, 0.3) is 11.8 Å². The third-order valence-corrected chi connectivity index (χ3v) is 8.61. The van der Waals surface area contributed by atoms with Crippen LogP contribution >= 0.6 is 0 Å². The van der Waals surface area contributed by atoms with E-state index in [1.54, 1.807) is 42.5 Å².